The lowest BCUT2D eigenvalue weighted by molar-refractivity contribution is 0.0537. The Kier molecular flexibility index (Phi) is 3.90. The van der Waals surface area contributed by atoms with E-state index in [1.807, 2.05) is 6.07 Å². The Bertz CT molecular complexity index is 328. The van der Waals surface area contributed by atoms with Crippen LogP contribution in [-0.4, -0.2) is 13.0 Å². The molecule has 0 bridgehead atoms. The molecule has 0 unspecified atom stereocenters. The van der Waals surface area contributed by atoms with Crippen molar-refractivity contribution in [3.05, 3.63) is 32.7 Å². The summed E-state index contributed by atoms with van der Waals surface area (Å²) in [6.07, 6.45) is 0. The smallest absolute Gasteiger partial charge is 0.276 e. The third-order valence-corrected chi connectivity index (χ3v) is 2.55. The number of benzene rings is 1. The number of hydroxylamine groups is 1. The van der Waals surface area contributed by atoms with Gasteiger partial charge in [0.2, 0.25) is 0 Å². The van der Waals surface area contributed by atoms with E-state index in [-0.39, 0.29) is 5.91 Å². The SMILES string of the molecule is CONC(=O)c1cc(Br)ccc1Br. The zero-order chi connectivity index (χ0) is 9.84. The van der Waals surface area contributed by atoms with E-state index in [1.54, 1.807) is 12.1 Å². The Morgan fingerprint density at radius 1 is 1.46 bits per heavy atom. The summed E-state index contributed by atoms with van der Waals surface area (Å²) >= 11 is 6.54. The van der Waals surface area contributed by atoms with Gasteiger partial charge in [-0.15, -0.1) is 0 Å². The van der Waals surface area contributed by atoms with Crippen molar-refractivity contribution in [2.75, 3.05) is 7.11 Å². The highest BCUT2D eigenvalue weighted by atomic mass is 79.9. The summed E-state index contributed by atoms with van der Waals surface area (Å²) in [5.41, 5.74) is 2.76. The Balaban J connectivity index is 2.99. The molecule has 1 aromatic carbocycles. The van der Waals surface area contributed by atoms with Crippen molar-refractivity contribution in [1.82, 2.24) is 5.48 Å². The second-order valence-electron chi connectivity index (χ2n) is 2.26. The Morgan fingerprint density at radius 2 is 2.15 bits per heavy atom. The van der Waals surface area contributed by atoms with Crippen molar-refractivity contribution >= 4 is 37.8 Å². The lowest BCUT2D eigenvalue weighted by Crippen LogP contribution is -2.22. The molecular formula is C8H7Br2NO2. The van der Waals surface area contributed by atoms with E-state index in [4.69, 9.17) is 0 Å². The third kappa shape index (κ3) is 2.79. The normalized spacial score (nSPS) is 9.77. The van der Waals surface area contributed by atoms with Gasteiger partial charge in [0.05, 0.1) is 12.7 Å². The van der Waals surface area contributed by atoms with E-state index in [0.717, 1.165) is 8.95 Å². The molecule has 0 atom stereocenters. The van der Waals surface area contributed by atoms with Crippen molar-refractivity contribution in [2.24, 2.45) is 0 Å². The van der Waals surface area contributed by atoms with E-state index < -0.39 is 0 Å². The number of hydrogen-bond donors (Lipinski definition) is 1. The third-order valence-electron chi connectivity index (χ3n) is 1.37. The molecule has 3 nitrogen and oxygen atoms in total. The molecule has 1 rings (SSSR count). The van der Waals surface area contributed by atoms with Crippen molar-refractivity contribution in [3.8, 4) is 0 Å². The second kappa shape index (κ2) is 4.74. The molecule has 0 saturated carbocycles. The highest BCUT2D eigenvalue weighted by molar-refractivity contribution is 9.11. The largest absolute Gasteiger partial charge is 0.277 e. The summed E-state index contributed by atoms with van der Waals surface area (Å²) in [5, 5.41) is 0. The lowest BCUT2D eigenvalue weighted by Gasteiger charge is -2.04. The fraction of sp³-hybridized carbons (Fsp3) is 0.125. The molecule has 0 aliphatic carbocycles. The first-order chi connectivity index (χ1) is 6.15. The van der Waals surface area contributed by atoms with Crippen LogP contribution in [0.5, 0.6) is 0 Å². The van der Waals surface area contributed by atoms with Gasteiger partial charge in [0.1, 0.15) is 0 Å². The van der Waals surface area contributed by atoms with Gasteiger partial charge in [-0.1, -0.05) is 15.9 Å². The van der Waals surface area contributed by atoms with Crippen LogP contribution in [0.1, 0.15) is 10.4 Å². The summed E-state index contributed by atoms with van der Waals surface area (Å²) in [7, 11) is 1.39. The van der Waals surface area contributed by atoms with Crippen LogP contribution in [0.25, 0.3) is 0 Å². The van der Waals surface area contributed by atoms with Crippen LogP contribution in [0, 0.1) is 0 Å². The Labute approximate surface area is 92.7 Å². The minimum atomic E-state index is -0.282. The first-order valence-electron chi connectivity index (χ1n) is 3.43. The number of halogens is 2. The molecule has 0 heterocycles. The number of nitrogens with one attached hydrogen (secondary N) is 1. The van der Waals surface area contributed by atoms with Gasteiger partial charge in [-0.05, 0) is 34.1 Å². The fourth-order valence-electron chi connectivity index (χ4n) is 0.819. The molecule has 0 aliphatic heterocycles. The van der Waals surface area contributed by atoms with E-state index in [9.17, 15) is 4.79 Å². The van der Waals surface area contributed by atoms with Crippen molar-refractivity contribution in [2.45, 2.75) is 0 Å². The average Bonchev–Trinajstić information content (AvgIpc) is 2.09. The van der Waals surface area contributed by atoms with Gasteiger partial charge < -0.3 is 0 Å². The van der Waals surface area contributed by atoms with Crippen LogP contribution >= 0.6 is 31.9 Å². The number of carbonyl (C=O) groups is 1. The van der Waals surface area contributed by atoms with Gasteiger partial charge in [0.25, 0.3) is 5.91 Å². The first-order valence-corrected chi connectivity index (χ1v) is 5.02. The maximum Gasteiger partial charge on any atom is 0.276 e. The zero-order valence-corrected chi connectivity index (χ0v) is 9.98. The molecule has 0 spiro atoms. The molecule has 1 amide bonds. The summed E-state index contributed by atoms with van der Waals surface area (Å²) in [6.45, 7) is 0. The predicted octanol–water partition coefficient (Wildman–Crippen LogP) is 2.50. The molecule has 0 aromatic heterocycles. The van der Waals surface area contributed by atoms with Gasteiger partial charge in [-0.2, -0.15) is 0 Å². The minimum absolute atomic E-state index is 0.282. The van der Waals surface area contributed by atoms with Crippen molar-refractivity contribution in [1.29, 1.82) is 0 Å². The van der Waals surface area contributed by atoms with Crippen LogP contribution in [0.15, 0.2) is 27.1 Å². The fourth-order valence-corrected chi connectivity index (χ4v) is 1.61. The maximum atomic E-state index is 11.3. The minimum Gasteiger partial charge on any atom is -0.277 e. The Morgan fingerprint density at radius 3 is 2.77 bits per heavy atom. The number of amides is 1. The summed E-state index contributed by atoms with van der Waals surface area (Å²) in [5.74, 6) is -0.282. The number of rotatable bonds is 2. The highest BCUT2D eigenvalue weighted by Gasteiger charge is 2.09. The molecule has 13 heavy (non-hydrogen) atoms. The van der Waals surface area contributed by atoms with Gasteiger partial charge in [-0.25, -0.2) is 5.48 Å². The molecule has 0 radical (unpaired) electrons. The predicted molar refractivity (Wildman–Crippen MR) is 56.3 cm³/mol. The maximum absolute atomic E-state index is 11.3. The number of carbonyl (C=O) groups excluding carboxylic acids is 1. The van der Waals surface area contributed by atoms with Gasteiger partial charge in [0.15, 0.2) is 0 Å². The summed E-state index contributed by atoms with van der Waals surface area (Å²) < 4.78 is 1.57. The van der Waals surface area contributed by atoms with E-state index >= 15 is 0 Å². The topological polar surface area (TPSA) is 38.3 Å². The van der Waals surface area contributed by atoms with Crippen LogP contribution < -0.4 is 5.48 Å². The monoisotopic (exact) mass is 307 g/mol. The summed E-state index contributed by atoms with van der Waals surface area (Å²) in [6, 6.07) is 5.33. The molecule has 0 aliphatic rings. The van der Waals surface area contributed by atoms with Crippen molar-refractivity contribution < 1.29 is 9.63 Å². The average molecular weight is 309 g/mol. The summed E-state index contributed by atoms with van der Waals surface area (Å²) in [4.78, 5) is 15.8. The molecular weight excluding hydrogens is 302 g/mol. The Hall–Kier alpha value is -0.390. The van der Waals surface area contributed by atoms with Gasteiger partial charge >= 0.3 is 0 Å². The lowest BCUT2D eigenvalue weighted by atomic mass is 10.2. The van der Waals surface area contributed by atoms with Crippen molar-refractivity contribution in [3.63, 3.8) is 0 Å². The molecule has 0 saturated heterocycles. The molecule has 5 heteroatoms. The quantitative estimate of drug-likeness (QED) is 0.853. The zero-order valence-electron chi connectivity index (χ0n) is 6.80. The van der Waals surface area contributed by atoms with Crippen LogP contribution in [0.3, 0.4) is 0 Å². The first kappa shape index (κ1) is 10.7. The van der Waals surface area contributed by atoms with Crippen LogP contribution in [-0.2, 0) is 4.84 Å². The van der Waals surface area contributed by atoms with Gasteiger partial charge in [-0.3, -0.25) is 9.63 Å². The highest BCUT2D eigenvalue weighted by Crippen LogP contribution is 2.21. The molecule has 70 valence electrons. The van der Waals surface area contributed by atoms with E-state index in [2.05, 4.69) is 42.2 Å². The number of hydrogen-bond acceptors (Lipinski definition) is 2. The van der Waals surface area contributed by atoms with Crippen LogP contribution in [0.2, 0.25) is 0 Å². The van der Waals surface area contributed by atoms with Gasteiger partial charge in [0, 0.05) is 8.95 Å². The standard InChI is InChI=1S/C8H7Br2NO2/c1-13-11-8(12)6-4-5(9)2-3-7(6)10/h2-4H,1H3,(H,11,12). The molecule has 1 aromatic rings. The van der Waals surface area contributed by atoms with E-state index in [1.165, 1.54) is 7.11 Å². The second-order valence-corrected chi connectivity index (χ2v) is 4.03. The molecule has 0 fully saturated rings. The van der Waals surface area contributed by atoms with Crippen LogP contribution in [0.4, 0.5) is 0 Å². The van der Waals surface area contributed by atoms with E-state index in [0.29, 0.717) is 5.56 Å². The molecule has 1 N–H and O–H groups in total.